The summed E-state index contributed by atoms with van der Waals surface area (Å²) in [6.45, 7) is 0. The highest BCUT2D eigenvalue weighted by molar-refractivity contribution is 7.80. The Morgan fingerprint density at radius 3 is 2.27 bits per heavy atom. The maximum absolute atomic E-state index is 13.8. The van der Waals surface area contributed by atoms with Crippen molar-refractivity contribution in [1.82, 2.24) is 9.97 Å². The molecule has 1 N–H and O–H groups in total. The number of nitrogens with one attached hydrogen (secondary N) is 1. The van der Waals surface area contributed by atoms with Gasteiger partial charge in [0.2, 0.25) is 0 Å². The van der Waals surface area contributed by atoms with Crippen LogP contribution in [-0.4, -0.2) is 15.7 Å². The van der Waals surface area contributed by atoms with E-state index in [1.165, 1.54) is 12.1 Å². The van der Waals surface area contributed by atoms with E-state index in [2.05, 4.69) is 22.6 Å². The van der Waals surface area contributed by atoms with Crippen molar-refractivity contribution in [2.75, 3.05) is 5.75 Å². The number of aromatic amines is 1. The van der Waals surface area contributed by atoms with Crippen molar-refractivity contribution in [2.24, 2.45) is 0 Å². The van der Waals surface area contributed by atoms with E-state index in [0.717, 1.165) is 12.1 Å². The summed E-state index contributed by atoms with van der Waals surface area (Å²) < 4.78 is 78.7. The molecule has 1 heterocycles. The number of fused-ring (bicyclic) bond motifs is 1. The fourth-order valence-corrected chi connectivity index (χ4v) is 2.94. The van der Waals surface area contributed by atoms with Gasteiger partial charge >= 0.3 is 6.18 Å². The molecule has 2 aromatic carbocycles. The first-order valence-corrected chi connectivity index (χ1v) is 8.14. The summed E-state index contributed by atoms with van der Waals surface area (Å²) in [5.74, 6) is -3.65. The smallest absolute Gasteiger partial charge is 0.339 e. The van der Waals surface area contributed by atoms with E-state index >= 15 is 0 Å². The summed E-state index contributed by atoms with van der Waals surface area (Å²) in [7, 11) is 0. The van der Waals surface area contributed by atoms with Gasteiger partial charge in [-0.05, 0) is 24.1 Å². The molecule has 0 aliphatic carbocycles. The van der Waals surface area contributed by atoms with Crippen molar-refractivity contribution in [3.8, 4) is 0 Å². The first kappa shape index (κ1) is 18.6. The van der Waals surface area contributed by atoms with E-state index in [-0.39, 0.29) is 23.5 Å². The summed E-state index contributed by atoms with van der Waals surface area (Å²) >= 11 is 4.18. The number of halogens is 6. The largest absolute Gasteiger partial charge is 0.416 e. The molecule has 0 aliphatic heterocycles. The van der Waals surface area contributed by atoms with Crippen LogP contribution in [0.5, 0.6) is 0 Å². The molecule has 0 radical (unpaired) electrons. The number of rotatable bonds is 4. The molecule has 0 saturated heterocycles. The number of hydrogen-bond donors (Lipinski definition) is 2. The molecule has 0 fully saturated rings. The van der Waals surface area contributed by atoms with Gasteiger partial charge in [-0.1, -0.05) is 12.1 Å². The zero-order valence-corrected chi connectivity index (χ0v) is 13.9. The van der Waals surface area contributed by atoms with E-state index in [1.54, 1.807) is 0 Å². The molecule has 1 atom stereocenters. The first-order chi connectivity index (χ1) is 12.2. The normalized spacial score (nSPS) is 13.3. The SMILES string of the molecule is Fc1cc(F)c2nc([C@@H](CS)Cc3ccc(C(F)(F)F)cc3)[nH]c2c1F. The second-order valence-corrected chi connectivity index (χ2v) is 6.14. The fourth-order valence-electron chi connectivity index (χ4n) is 2.64. The zero-order chi connectivity index (χ0) is 19.1. The Labute approximate surface area is 149 Å². The van der Waals surface area contributed by atoms with Crippen molar-refractivity contribution in [2.45, 2.75) is 18.5 Å². The van der Waals surface area contributed by atoms with Gasteiger partial charge in [0.1, 0.15) is 16.9 Å². The number of hydrogen-bond acceptors (Lipinski definition) is 2. The Morgan fingerprint density at radius 2 is 1.69 bits per heavy atom. The predicted molar refractivity (Wildman–Crippen MR) is 87.7 cm³/mol. The highest BCUT2D eigenvalue weighted by atomic mass is 32.1. The lowest BCUT2D eigenvalue weighted by atomic mass is 9.99. The van der Waals surface area contributed by atoms with Crippen LogP contribution in [0, 0.1) is 17.5 Å². The maximum Gasteiger partial charge on any atom is 0.416 e. The van der Waals surface area contributed by atoms with Gasteiger partial charge in [-0.3, -0.25) is 0 Å². The Bertz CT molecular complexity index is 933. The van der Waals surface area contributed by atoms with E-state index in [4.69, 9.17) is 0 Å². The molecule has 3 aromatic rings. The van der Waals surface area contributed by atoms with Crippen molar-refractivity contribution in [3.63, 3.8) is 0 Å². The van der Waals surface area contributed by atoms with E-state index in [9.17, 15) is 26.3 Å². The highest BCUT2D eigenvalue weighted by Crippen LogP contribution is 2.31. The Balaban J connectivity index is 1.91. The van der Waals surface area contributed by atoms with Gasteiger partial charge in [0.15, 0.2) is 17.5 Å². The average Bonchev–Trinajstić information content (AvgIpc) is 3.03. The number of nitrogens with zero attached hydrogens (tertiary/aromatic N) is 1. The van der Waals surface area contributed by atoms with Gasteiger partial charge < -0.3 is 4.98 Å². The summed E-state index contributed by atoms with van der Waals surface area (Å²) in [6.07, 6.45) is -4.19. The number of benzene rings is 2. The van der Waals surface area contributed by atoms with Crippen molar-refractivity contribution in [1.29, 1.82) is 0 Å². The standard InChI is InChI=1S/C17H12F6N2S/c18-11-6-12(19)14-15(13(11)20)25-16(24-14)9(7-26)5-8-1-3-10(4-2-8)17(21,22)23/h1-4,6,9,26H,5,7H2,(H,24,25)/t9-/m1/s1. The molecule has 138 valence electrons. The van der Waals surface area contributed by atoms with Gasteiger partial charge in [0, 0.05) is 17.7 Å². The van der Waals surface area contributed by atoms with Crippen LogP contribution in [0.4, 0.5) is 26.3 Å². The van der Waals surface area contributed by atoms with Crippen LogP contribution in [0.15, 0.2) is 30.3 Å². The van der Waals surface area contributed by atoms with Crippen molar-refractivity contribution >= 4 is 23.7 Å². The summed E-state index contributed by atoms with van der Waals surface area (Å²) in [5, 5.41) is 0. The number of alkyl halides is 3. The third-order valence-electron chi connectivity index (χ3n) is 4.00. The van der Waals surface area contributed by atoms with Crippen LogP contribution >= 0.6 is 12.6 Å². The number of aromatic nitrogens is 2. The second-order valence-electron chi connectivity index (χ2n) is 5.78. The Hall–Kier alpha value is -2.16. The number of imidazole rings is 1. The van der Waals surface area contributed by atoms with E-state index < -0.39 is 40.6 Å². The van der Waals surface area contributed by atoms with Crippen LogP contribution in [0.25, 0.3) is 11.0 Å². The lowest BCUT2D eigenvalue weighted by molar-refractivity contribution is -0.137. The maximum atomic E-state index is 13.8. The first-order valence-electron chi connectivity index (χ1n) is 7.50. The molecule has 2 nitrogen and oxygen atoms in total. The molecule has 0 aliphatic rings. The van der Waals surface area contributed by atoms with Gasteiger partial charge in [-0.2, -0.15) is 25.8 Å². The molecular formula is C17H12F6N2S. The minimum absolute atomic E-state index is 0.179. The summed E-state index contributed by atoms with van der Waals surface area (Å²) in [5.41, 5.74) is -0.925. The minimum atomic E-state index is -4.43. The molecule has 1 aromatic heterocycles. The fraction of sp³-hybridized carbons (Fsp3) is 0.235. The van der Waals surface area contributed by atoms with Gasteiger partial charge in [0.25, 0.3) is 0 Å². The van der Waals surface area contributed by atoms with Crippen LogP contribution in [0.3, 0.4) is 0 Å². The molecular weight excluding hydrogens is 378 g/mol. The molecule has 0 amide bonds. The van der Waals surface area contributed by atoms with Crippen molar-refractivity contribution in [3.05, 3.63) is 64.7 Å². The highest BCUT2D eigenvalue weighted by Gasteiger charge is 2.30. The van der Waals surface area contributed by atoms with Crippen molar-refractivity contribution < 1.29 is 26.3 Å². The predicted octanol–water partition coefficient (Wildman–Crippen LogP) is 5.26. The van der Waals surface area contributed by atoms with Crippen LogP contribution in [0.1, 0.15) is 22.9 Å². The van der Waals surface area contributed by atoms with E-state index in [1.807, 2.05) is 0 Å². The molecule has 0 saturated carbocycles. The van der Waals surface area contributed by atoms with Crippen LogP contribution in [-0.2, 0) is 12.6 Å². The zero-order valence-electron chi connectivity index (χ0n) is 13.0. The van der Waals surface area contributed by atoms with E-state index in [0.29, 0.717) is 11.6 Å². The Morgan fingerprint density at radius 1 is 1.04 bits per heavy atom. The molecule has 26 heavy (non-hydrogen) atoms. The second kappa shape index (κ2) is 6.86. The molecule has 9 heteroatoms. The van der Waals surface area contributed by atoms with Gasteiger partial charge in [-0.15, -0.1) is 0 Å². The quantitative estimate of drug-likeness (QED) is 0.355. The minimum Gasteiger partial charge on any atom is -0.339 e. The third kappa shape index (κ3) is 3.53. The molecule has 0 bridgehead atoms. The monoisotopic (exact) mass is 390 g/mol. The van der Waals surface area contributed by atoms with Gasteiger partial charge in [-0.25, -0.2) is 18.2 Å². The van der Waals surface area contributed by atoms with Gasteiger partial charge in [0.05, 0.1) is 5.56 Å². The lowest BCUT2D eigenvalue weighted by Crippen LogP contribution is -2.08. The average molecular weight is 390 g/mol. The Kier molecular flexibility index (Phi) is 4.92. The molecule has 0 unspecified atom stereocenters. The number of thiol groups is 1. The van der Waals surface area contributed by atoms with Crippen LogP contribution < -0.4 is 0 Å². The topological polar surface area (TPSA) is 28.7 Å². The molecule has 0 spiro atoms. The third-order valence-corrected chi connectivity index (χ3v) is 4.44. The lowest BCUT2D eigenvalue weighted by Gasteiger charge is -2.13. The molecule has 3 rings (SSSR count). The number of H-pyrrole nitrogens is 1. The van der Waals surface area contributed by atoms with Crippen LogP contribution in [0.2, 0.25) is 0 Å². The summed E-state index contributed by atoms with van der Waals surface area (Å²) in [6, 6.07) is 4.97. The summed E-state index contributed by atoms with van der Waals surface area (Å²) in [4.78, 5) is 6.53.